The van der Waals surface area contributed by atoms with Crippen LogP contribution in [0.2, 0.25) is 0 Å². The Hall–Kier alpha value is -4.16. The number of hydrogen-bond acceptors (Lipinski definition) is 0. The molecule has 0 unspecified atom stereocenters. The summed E-state index contributed by atoms with van der Waals surface area (Å²) in [6.45, 7) is 4.32. The van der Waals surface area contributed by atoms with Crippen LogP contribution >= 0.6 is 0 Å². The molecule has 6 aromatic rings. The molecule has 0 atom stereocenters. The van der Waals surface area contributed by atoms with Crippen LogP contribution in [0.4, 0.5) is 0 Å². The van der Waals surface area contributed by atoms with Crippen LogP contribution in [0.25, 0.3) is 54.9 Å². The largest absolute Gasteiger partial charge is 0.0616 e. The number of fused-ring (bicyclic) bond motifs is 2. The fourth-order valence-electron chi connectivity index (χ4n) is 4.87. The normalized spacial score (nSPS) is 11.2. The van der Waals surface area contributed by atoms with E-state index in [0.29, 0.717) is 0 Å². The first kappa shape index (κ1) is 20.4. The van der Waals surface area contributed by atoms with Crippen molar-refractivity contribution in [2.75, 3.05) is 0 Å². The minimum absolute atomic E-state index is 1.24. The highest BCUT2D eigenvalue weighted by atomic mass is 14.1. The van der Waals surface area contributed by atoms with Gasteiger partial charge in [0.05, 0.1) is 0 Å². The van der Waals surface area contributed by atoms with Crippen LogP contribution in [-0.2, 0) is 0 Å². The molecule has 0 N–H and O–H groups in total. The van der Waals surface area contributed by atoms with Crippen LogP contribution in [0.5, 0.6) is 0 Å². The third-order valence-corrected chi connectivity index (χ3v) is 6.90. The molecule has 0 heterocycles. The Balaban J connectivity index is 1.36. The minimum Gasteiger partial charge on any atom is -0.0616 e. The predicted molar refractivity (Wildman–Crippen MR) is 147 cm³/mol. The van der Waals surface area contributed by atoms with Crippen molar-refractivity contribution >= 4 is 21.5 Å². The highest BCUT2D eigenvalue weighted by Crippen LogP contribution is 2.35. The van der Waals surface area contributed by atoms with Gasteiger partial charge in [0.1, 0.15) is 0 Å². The van der Waals surface area contributed by atoms with Crippen LogP contribution in [-0.4, -0.2) is 0 Å². The van der Waals surface area contributed by atoms with Crippen molar-refractivity contribution in [1.82, 2.24) is 0 Å². The van der Waals surface area contributed by atoms with E-state index in [2.05, 4.69) is 135 Å². The molecule has 34 heavy (non-hydrogen) atoms. The molecule has 162 valence electrons. The molecule has 6 rings (SSSR count). The summed E-state index contributed by atoms with van der Waals surface area (Å²) in [7, 11) is 0. The summed E-state index contributed by atoms with van der Waals surface area (Å²) in [6.07, 6.45) is 0. The smallest absolute Gasteiger partial charge is 0.00964 e. The van der Waals surface area contributed by atoms with Crippen molar-refractivity contribution in [2.45, 2.75) is 13.8 Å². The maximum absolute atomic E-state index is 2.34. The lowest BCUT2D eigenvalue weighted by molar-refractivity contribution is 1.47. The molecule has 0 nitrogen and oxygen atoms in total. The summed E-state index contributed by atoms with van der Waals surface area (Å²) in [5.41, 5.74) is 10.1. The zero-order valence-electron chi connectivity index (χ0n) is 19.5. The Kier molecular flexibility index (Phi) is 5.00. The van der Waals surface area contributed by atoms with Crippen molar-refractivity contribution in [3.8, 4) is 33.4 Å². The Morgan fingerprint density at radius 1 is 0.382 bits per heavy atom. The molecule has 0 aromatic heterocycles. The molecule has 0 heteroatoms. The molecule has 0 aliphatic rings. The van der Waals surface area contributed by atoms with Crippen molar-refractivity contribution < 1.29 is 0 Å². The summed E-state index contributed by atoms with van der Waals surface area (Å²) < 4.78 is 0. The standard InChI is InChI=1S/C34H26/c1-23-7-10-25(11-8-23)26-12-14-27(15-13-26)28-16-18-29(19-17-28)32-20-9-24(2)33-21-30-5-3-4-6-31(30)22-34(32)33/h3-22H,1-2H3. The van der Waals surface area contributed by atoms with Crippen molar-refractivity contribution in [3.05, 3.63) is 132 Å². The summed E-state index contributed by atoms with van der Waals surface area (Å²) in [6, 6.07) is 44.3. The van der Waals surface area contributed by atoms with E-state index in [9.17, 15) is 0 Å². The van der Waals surface area contributed by atoms with Gasteiger partial charge in [-0.05, 0) is 86.5 Å². The minimum atomic E-state index is 1.24. The number of aryl methyl sites for hydroxylation is 2. The second-order valence-electron chi connectivity index (χ2n) is 9.20. The van der Waals surface area contributed by atoms with E-state index < -0.39 is 0 Å². The summed E-state index contributed by atoms with van der Waals surface area (Å²) in [4.78, 5) is 0. The zero-order valence-corrected chi connectivity index (χ0v) is 19.5. The molecule has 0 aliphatic heterocycles. The molecule has 6 aromatic carbocycles. The summed E-state index contributed by atoms with van der Waals surface area (Å²) >= 11 is 0. The molecule has 0 radical (unpaired) electrons. The lowest BCUT2D eigenvalue weighted by Crippen LogP contribution is -1.86. The fraction of sp³-hybridized carbons (Fsp3) is 0.0588. The van der Waals surface area contributed by atoms with Gasteiger partial charge in [-0.3, -0.25) is 0 Å². The average molecular weight is 435 g/mol. The molecular formula is C34H26. The summed E-state index contributed by atoms with van der Waals surface area (Å²) in [5.74, 6) is 0. The first-order valence-corrected chi connectivity index (χ1v) is 11.9. The van der Waals surface area contributed by atoms with Crippen molar-refractivity contribution in [3.63, 3.8) is 0 Å². The van der Waals surface area contributed by atoms with Gasteiger partial charge >= 0.3 is 0 Å². The molecule has 0 spiro atoms. The van der Waals surface area contributed by atoms with Crippen molar-refractivity contribution in [1.29, 1.82) is 0 Å². The van der Waals surface area contributed by atoms with Gasteiger partial charge in [-0.2, -0.15) is 0 Å². The van der Waals surface area contributed by atoms with Gasteiger partial charge in [0.25, 0.3) is 0 Å². The maximum atomic E-state index is 2.34. The van der Waals surface area contributed by atoms with E-state index in [1.807, 2.05) is 0 Å². The lowest BCUT2D eigenvalue weighted by Gasteiger charge is -2.12. The topological polar surface area (TPSA) is 0 Å². The third kappa shape index (κ3) is 3.68. The molecule has 0 fully saturated rings. The molecule has 0 saturated heterocycles. The highest BCUT2D eigenvalue weighted by Gasteiger charge is 2.09. The maximum Gasteiger partial charge on any atom is -0.00964 e. The fourth-order valence-corrected chi connectivity index (χ4v) is 4.87. The van der Waals surface area contributed by atoms with Gasteiger partial charge in [0.2, 0.25) is 0 Å². The second-order valence-corrected chi connectivity index (χ2v) is 9.20. The van der Waals surface area contributed by atoms with Crippen LogP contribution in [0, 0.1) is 13.8 Å². The zero-order chi connectivity index (χ0) is 23.1. The van der Waals surface area contributed by atoms with Gasteiger partial charge in [-0.15, -0.1) is 0 Å². The number of hydrogen-bond donors (Lipinski definition) is 0. The Bertz CT molecular complexity index is 1620. The van der Waals surface area contributed by atoms with E-state index in [1.165, 1.54) is 66.1 Å². The van der Waals surface area contributed by atoms with Gasteiger partial charge in [0, 0.05) is 0 Å². The highest BCUT2D eigenvalue weighted by molar-refractivity contribution is 6.06. The molecule has 0 aliphatic carbocycles. The van der Waals surface area contributed by atoms with E-state index >= 15 is 0 Å². The lowest BCUT2D eigenvalue weighted by atomic mass is 9.92. The summed E-state index contributed by atoms with van der Waals surface area (Å²) in [5, 5.41) is 5.22. The quantitative estimate of drug-likeness (QED) is 0.243. The molecule has 0 saturated carbocycles. The van der Waals surface area contributed by atoms with E-state index in [0.717, 1.165) is 0 Å². The third-order valence-electron chi connectivity index (χ3n) is 6.90. The van der Waals surface area contributed by atoms with Crippen molar-refractivity contribution in [2.24, 2.45) is 0 Å². The molecule has 0 amide bonds. The van der Waals surface area contributed by atoms with Crippen LogP contribution in [0.3, 0.4) is 0 Å². The van der Waals surface area contributed by atoms with Crippen LogP contribution < -0.4 is 0 Å². The van der Waals surface area contributed by atoms with E-state index in [4.69, 9.17) is 0 Å². The van der Waals surface area contributed by atoms with Gasteiger partial charge in [0.15, 0.2) is 0 Å². The Morgan fingerprint density at radius 3 is 1.35 bits per heavy atom. The second kappa shape index (κ2) is 8.32. The Labute approximate surface area is 201 Å². The average Bonchev–Trinajstić information content (AvgIpc) is 2.89. The number of rotatable bonds is 3. The molecular weight excluding hydrogens is 408 g/mol. The van der Waals surface area contributed by atoms with Gasteiger partial charge < -0.3 is 0 Å². The van der Waals surface area contributed by atoms with E-state index in [1.54, 1.807) is 0 Å². The van der Waals surface area contributed by atoms with Gasteiger partial charge in [-0.25, -0.2) is 0 Å². The van der Waals surface area contributed by atoms with Gasteiger partial charge in [-0.1, -0.05) is 115 Å². The number of benzene rings is 6. The molecule has 0 bridgehead atoms. The van der Waals surface area contributed by atoms with E-state index in [-0.39, 0.29) is 0 Å². The van der Waals surface area contributed by atoms with Crippen LogP contribution in [0.1, 0.15) is 11.1 Å². The van der Waals surface area contributed by atoms with Crippen LogP contribution in [0.15, 0.2) is 121 Å². The Morgan fingerprint density at radius 2 is 0.824 bits per heavy atom. The first-order valence-electron chi connectivity index (χ1n) is 11.9. The first-order chi connectivity index (χ1) is 16.7. The predicted octanol–water partition coefficient (Wildman–Crippen LogP) is 9.61. The monoisotopic (exact) mass is 434 g/mol. The SMILES string of the molecule is Cc1ccc(-c2ccc(-c3ccc(-c4ccc(C)c5cc6ccccc6cc45)cc3)cc2)cc1.